The Morgan fingerprint density at radius 1 is 1.21 bits per heavy atom. The van der Waals surface area contributed by atoms with Gasteiger partial charge >= 0.3 is 0 Å². The predicted octanol–water partition coefficient (Wildman–Crippen LogP) is 2.43. The van der Waals surface area contributed by atoms with Crippen molar-refractivity contribution in [1.29, 1.82) is 0 Å². The predicted molar refractivity (Wildman–Crippen MR) is 76.8 cm³/mol. The van der Waals surface area contributed by atoms with Crippen LogP contribution in [0, 0.1) is 5.92 Å². The van der Waals surface area contributed by atoms with Gasteiger partial charge in [0.05, 0.1) is 0 Å². The topological polar surface area (TPSA) is 55.5 Å². The van der Waals surface area contributed by atoms with Gasteiger partial charge in [-0.25, -0.2) is 0 Å². The summed E-state index contributed by atoms with van der Waals surface area (Å²) in [6.45, 7) is 1.60. The Bertz CT molecular complexity index is 364. The van der Waals surface area contributed by atoms with Crippen LogP contribution in [-0.4, -0.2) is 24.9 Å². The van der Waals surface area contributed by atoms with Crippen molar-refractivity contribution >= 4 is 0 Å². The standard InChI is InChI=1S/C16H25NO2/c17-13-16(18,15-7-2-1-3-8-15)10-12-19-11-9-14-5-4-6-14/h1-3,7-8,14,18H,4-6,9-13,17H2. The Hall–Kier alpha value is -0.900. The number of benzene rings is 1. The van der Waals surface area contributed by atoms with Gasteiger partial charge in [0.15, 0.2) is 0 Å². The summed E-state index contributed by atoms with van der Waals surface area (Å²) in [5.74, 6) is 0.877. The normalized spacial score (nSPS) is 18.8. The van der Waals surface area contributed by atoms with E-state index in [1.165, 1.54) is 19.3 Å². The number of ether oxygens (including phenoxy) is 1. The maximum atomic E-state index is 10.6. The molecule has 0 bridgehead atoms. The molecule has 1 aliphatic rings. The molecule has 1 aromatic carbocycles. The number of hydrogen-bond acceptors (Lipinski definition) is 3. The van der Waals surface area contributed by atoms with E-state index in [1.54, 1.807) is 0 Å². The summed E-state index contributed by atoms with van der Waals surface area (Å²) in [7, 11) is 0. The van der Waals surface area contributed by atoms with E-state index in [0.29, 0.717) is 13.0 Å². The molecule has 1 aliphatic carbocycles. The lowest BCUT2D eigenvalue weighted by Gasteiger charge is -2.28. The molecule has 0 aromatic heterocycles. The Morgan fingerprint density at radius 2 is 1.95 bits per heavy atom. The smallest absolute Gasteiger partial charge is 0.104 e. The van der Waals surface area contributed by atoms with Gasteiger partial charge in [0.25, 0.3) is 0 Å². The molecule has 1 atom stereocenters. The zero-order valence-corrected chi connectivity index (χ0v) is 11.6. The van der Waals surface area contributed by atoms with E-state index in [4.69, 9.17) is 10.5 Å². The minimum Gasteiger partial charge on any atom is -0.384 e. The van der Waals surface area contributed by atoms with Crippen molar-refractivity contribution in [3.63, 3.8) is 0 Å². The maximum absolute atomic E-state index is 10.6. The molecule has 0 saturated heterocycles. The van der Waals surface area contributed by atoms with Gasteiger partial charge in [0.1, 0.15) is 5.60 Å². The lowest BCUT2D eigenvalue weighted by Crippen LogP contribution is -2.36. The molecule has 1 unspecified atom stereocenters. The molecule has 0 aliphatic heterocycles. The highest BCUT2D eigenvalue weighted by molar-refractivity contribution is 5.22. The average molecular weight is 263 g/mol. The van der Waals surface area contributed by atoms with Crippen LogP contribution >= 0.6 is 0 Å². The molecule has 1 fully saturated rings. The maximum Gasteiger partial charge on any atom is 0.104 e. The molecule has 1 saturated carbocycles. The molecule has 19 heavy (non-hydrogen) atoms. The summed E-state index contributed by atoms with van der Waals surface area (Å²) in [5, 5.41) is 10.6. The molecule has 0 spiro atoms. The lowest BCUT2D eigenvalue weighted by molar-refractivity contribution is -0.000437. The van der Waals surface area contributed by atoms with Gasteiger partial charge in [-0.05, 0) is 17.9 Å². The van der Waals surface area contributed by atoms with E-state index in [-0.39, 0.29) is 6.54 Å². The Labute approximate surface area is 115 Å². The molecule has 3 N–H and O–H groups in total. The van der Waals surface area contributed by atoms with E-state index in [2.05, 4.69) is 0 Å². The van der Waals surface area contributed by atoms with Crippen molar-refractivity contribution in [3.05, 3.63) is 35.9 Å². The first-order chi connectivity index (χ1) is 9.24. The third kappa shape index (κ3) is 4.03. The van der Waals surface area contributed by atoms with E-state index in [0.717, 1.165) is 24.5 Å². The highest BCUT2D eigenvalue weighted by Crippen LogP contribution is 2.29. The number of nitrogens with two attached hydrogens (primary N) is 1. The minimum absolute atomic E-state index is 0.225. The number of aliphatic hydroxyl groups is 1. The lowest BCUT2D eigenvalue weighted by atomic mass is 9.83. The Kier molecular flexibility index (Phi) is 5.37. The van der Waals surface area contributed by atoms with Crippen LogP contribution in [0.5, 0.6) is 0 Å². The fourth-order valence-corrected chi connectivity index (χ4v) is 2.49. The SMILES string of the molecule is NCC(O)(CCOCCC1CCC1)c1ccccc1. The fraction of sp³-hybridized carbons (Fsp3) is 0.625. The van der Waals surface area contributed by atoms with Gasteiger partial charge in [0, 0.05) is 26.2 Å². The Morgan fingerprint density at radius 3 is 2.53 bits per heavy atom. The second-order valence-corrected chi connectivity index (χ2v) is 5.55. The average Bonchev–Trinajstić information content (AvgIpc) is 2.41. The highest BCUT2D eigenvalue weighted by atomic mass is 16.5. The number of hydrogen-bond donors (Lipinski definition) is 2. The first kappa shape index (κ1) is 14.5. The first-order valence-corrected chi connectivity index (χ1v) is 7.30. The third-order valence-electron chi connectivity index (χ3n) is 4.20. The largest absolute Gasteiger partial charge is 0.384 e. The highest BCUT2D eigenvalue weighted by Gasteiger charge is 2.27. The first-order valence-electron chi connectivity index (χ1n) is 7.30. The van der Waals surface area contributed by atoms with E-state index in [1.807, 2.05) is 30.3 Å². The molecule has 2 rings (SSSR count). The second kappa shape index (κ2) is 7.04. The van der Waals surface area contributed by atoms with E-state index >= 15 is 0 Å². The molecule has 106 valence electrons. The molecule has 1 aromatic rings. The summed E-state index contributed by atoms with van der Waals surface area (Å²) in [6.07, 6.45) is 5.82. The van der Waals surface area contributed by atoms with Crippen molar-refractivity contribution in [1.82, 2.24) is 0 Å². The van der Waals surface area contributed by atoms with E-state index in [9.17, 15) is 5.11 Å². The summed E-state index contributed by atoms with van der Waals surface area (Å²) < 4.78 is 5.64. The van der Waals surface area contributed by atoms with Gasteiger partial charge in [-0.15, -0.1) is 0 Å². The third-order valence-corrected chi connectivity index (χ3v) is 4.20. The van der Waals surface area contributed by atoms with Crippen LogP contribution in [0.25, 0.3) is 0 Å². The van der Waals surface area contributed by atoms with Gasteiger partial charge in [-0.1, -0.05) is 49.6 Å². The quantitative estimate of drug-likeness (QED) is 0.708. The van der Waals surface area contributed by atoms with Gasteiger partial charge < -0.3 is 15.6 Å². The Balaban J connectivity index is 1.72. The van der Waals surface area contributed by atoms with Crippen LogP contribution in [0.2, 0.25) is 0 Å². The monoisotopic (exact) mass is 263 g/mol. The van der Waals surface area contributed by atoms with Gasteiger partial charge in [0.2, 0.25) is 0 Å². The van der Waals surface area contributed by atoms with Crippen molar-refractivity contribution in [2.75, 3.05) is 19.8 Å². The second-order valence-electron chi connectivity index (χ2n) is 5.55. The summed E-state index contributed by atoms with van der Waals surface area (Å²) >= 11 is 0. The van der Waals surface area contributed by atoms with Crippen molar-refractivity contribution in [2.45, 2.75) is 37.7 Å². The van der Waals surface area contributed by atoms with Crippen LogP contribution in [0.4, 0.5) is 0 Å². The zero-order chi connectivity index (χ0) is 13.6. The molecule has 0 radical (unpaired) electrons. The summed E-state index contributed by atoms with van der Waals surface area (Å²) in [4.78, 5) is 0. The van der Waals surface area contributed by atoms with Crippen LogP contribution in [0.3, 0.4) is 0 Å². The van der Waals surface area contributed by atoms with Crippen LogP contribution < -0.4 is 5.73 Å². The molecular weight excluding hydrogens is 238 g/mol. The van der Waals surface area contributed by atoms with Crippen molar-refractivity contribution < 1.29 is 9.84 Å². The van der Waals surface area contributed by atoms with E-state index < -0.39 is 5.60 Å². The van der Waals surface area contributed by atoms with Gasteiger partial charge in [-0.3, -0.25) is 0 Å². The van der Waals surface area contributed by atoms with Gasteiger partial charge in [-0.2, -0.15) is 0 Å². The molecular formula is C16H25NO2. The zero-order valence-electron chi connectivity index (χ0n) is 11.6. The van der Waals surface area contributed by atoms with Crippen LogP contribution in [0.1, 0.15) is 37.7 Å². The van der Waals surface area contributed by atoms with Crippen LogP contribution in [-0.2, 0) is 10.3 Å². The van der Waals surface area contributed by atoms with Crippen molar-refractivity contribution in [2.24, 2.45) is 11.7 Å². The minimum atomic E-state index is -0.961. The molecule has 0 heterocycles. The fourth-order valence-electron chi connectivity index (χ4n) is 2.49. The van der Waals surface area contributed by atoms with Crippen molar-refractivity contribution in [3.8, 4) is 0 Å². The summed E-state index contributed by atoms with van der Waals surface area (Å²) in [6, 6.07) is 9.62. The number of rotatable bonds is 8. The summed E-state index contributed by atoms with van der Waals surface area (Å²) in [5.41, 5.74) is 5.64. The van der Waals surface area contributed by atoms with Crippen LogP contribution in [0.15, 0.2) is 30.3 Å². The molecule has 3 nitrogen and oxygen atoms in total. The molecule has 0 amide bonds. The molecule has 3 heteroatoms.